The zero-order chi connectivity index (χ0) is 11.5. The summed E-state index contributed by atoms with van der Waals surface area (Å²) in [7, 11) is 0. The van der Waals surface area contributed by atoms with Crippen LogP contribution in [-0.2, 0) is 0 Å². The normalized spacial score (nSPS) is 10.1. The summed E-state index contributed by atoms with van der Waals surface area (Å²) in [6.45, 7) is 7.67. The molecule has 0 unspecified atom stereocenters. The van der Waals surface area contributed by atoms with Crippen LogP contribution in [0.2, 0.25) is 0 Å². The lowest BCUT2D eigenvalue weighted by Gasteiger charge is -2.06. The number of hydrogen-bond acceptors (Lipinski definition) is 2. The van der Waals surface area contributed by atoms with E-state index in [4.69, 9.17) is 9.15 Å². The van der Waals surface area contributed by atoms with Crippen LogP contribution in [0.5, 0.6) is 11.7 Å². The van der Waals surface area contributed by atoms with Crippen molar-refractivity contribution < 1.29 is 9.15 Å². The van der Waals surface area contributed by atoms with Gasteiger partial charge in [0.25, 0.3) is 5.95 Å². The lowest BCUT2D eigenvalue weighted by atomic mass is 10.1. The van der Waals surface area contributed by atoms with Gasteiger partial charge in [-0.3, -0.25) is 0 Å². The minimum Gasteiger partial charge on any atom is -0.426 e. The van der Waals surface area contributed by atoms with Gasteiger partial charge in [0.1, 0.15) is 11.5 Å². The molecule has 0 amide bonds. The molecule has 0 aliphatic rings. The average molecular weight is 214 g/mol. The second-order valence-corrected chi connectivity index (χ2v) is 3.73. The van der Waals surface area contributed by atoms with Crippen molar-refractivity contribution in [2.75, 3.05) is 0 Å². The maximum atomic E-state index is 5.66. The van der Waals surface area contributed by atoms with Crippen molar-refractivity contribution in [3.8, 4) is 11.7 Å². The molecule has 0 radical (unpaired) electrons. The highest BCUT2D eigenvalue weighted by Gasteiger charge is 2.05. The van der Waals surface area contributed by atoms with Gasteiger partial charge in [-0.05, 0) is 43.2 Å². The smallest absolute Gasteiger partial charge is 0.290 e. The number of furan rings is 1. The molecule has 0 spiro atoms. The molecule has 0 saturated heterocycles. The molecule has 0 fully saturated rings. The molecule has 0 aliphatic carbocycles. The summed E-state index contributed by atoms with van der Waals surface area (Å²) in [6, 6.07) is 9.69. The summed E-state index contributed by atoms with van der Waals surface area (Å²) in [5.41, 5.74) is 2.25. The van der Waals surface area contributed by atoms with Gasteiger partial charge >= 0.3 is 0 Å². The molecule has 16 heavy (non-hydrogen) atoms. The number of ether oxygens (including phenoxy) is 1. The Morgan fingerprint density at radius 3 is 2.69 bits per heavy atom. The molecule has 0 atom stereocenters. The molecule has 0 saturated carbocycles. The van der Waals surface area contributed by atoms with Crippen molar-refractivity contribution >= 4 is 6.08 Å². The molecular formula is C14H14O2. The molecule has 1 aromatic carbocycles. The van der Waals surface area contributed by atoms with Gasteiger partial charge in [0.15, 0.2) is 0 Å². The van der Waals surface area contributed by atoms with Crippen molar-refractivity contribution in [2.24, 2.45) is 0 Å². The van der Waals surface area contributed by atoms with Crippen LogP contribution in [0.3, 0.4) is 0 Å². The fourth-order valence-electron chi connectivity index (χ4n) is 1.42. The van der Waals surface area contributed by atoms with E-state index in [9.17, 15) is 0 Å². The van der Waals surface area contributed by atoms with Gasteiger partial charge in [0.05, 0.1) is 0 Å². The van der Waals surface area contributed by atoms with E-state index in [2.05, 4.69) is 12.6 Å². The molecule has 2 aromatic rings. The summed E-state index contributed by atoms with van der Waals surface area (Å²) in [4.78, 5) is 0. The second kappa shape index (κ2) is 4.27. The Balaban J connectivity index is 2.26. The highest BCUT2D eigenvalue weighted by molar-refractivity contribution is 5.42. The fourth-order valence-corrected chi connectivity index (χ4v) is 1.42. The van der Waals surface area contributed by atoms with Crippen LogP contribution in [0.4, 0.5) is 0 Å². The monoisotopic (exact) mass is 214 g/mol. The largest absolute Gasteiger partial charge is 0.426 e. The van der Waals surface area contributed by atoms with E-state index in [0.717, 1.165) is 16.9 Å². The second-order valence-electron chi connectivity index (χ2n) is 3.73. The zero-order valence-electron chi connectivity index (χ0n) is 9.49. The third-order valence-electron chi connectivity index (χ3n) is 2.36. The number of hydrogen-bond donors (Lipinski definition) is 0. The van der Waals surface area contributed by atoms with E-state index in [-0.39, 0.29) is 0 Å². The van der Waals surface area contributed by atoms with E-state index < -0.39 is 0 Å². The van der Waals surface area contributed by atoms with Crippen molar-refractivity contribution in [3.05, 3.63) is 53.8 Å². The van der Waals surface area contributed by atoms with Gasteiger partial charge in [-0.25, -0.2) is 0 Å². The van der Waals surface area contributed by atoms with Gasteiger partial charge in [0.2, 0.25) is 0 Å². The highest BCUT2D eigenvalue weighted by atomic mass is 16.6. The quantitative estimate of drug-likeness (QED) is 0.758. The SMILES string of the molecule is C=Cc1ccc(Oc2cc(C)ccc2C)o1. The summed E-state index contributed by atoms with van der Waals surface area (Å²) < 4.78 is 11.0. The number of rotatable bonds is 3. The maximum Gasteiger partial charge on any atom is 0.290 e. The molecule has 82 valence electrons. The summed E-state index contributed by atoms with van der Waals surface area (Å²) in [5, 5.41) is 0. The van der Waals surface area contributed by atoms with E-state index in [1.165, 1.54) is 0 Å². The first-order chi connectivity index (χ1) is 7.69. The van der Waals surface area contributed by atoms with Gasteiger partial charge in [-0.1, -0.05) is 18.7 Å². The molecule has 2 heteroatoms. The molecule has 0 bridgehead atoms. The zero-order valence-corrected chi connectivity index (χ0v) is 9.49. The van der Waals surface area contributed by atoms with Crippen LogP contribution >= 0.6 is 0 Å². The maximum absolute atomic E-state index is 5.66. The van der Waals surface area contributed by atoms with E-state index in [1.54, 1.807) is 12.1 Å². The van der Waals surface area contributed by atoms with Crippen LogP contribution in [0.25, 0.3) is 6.08 Å². The summed E-state index contributed by atoms with van der Waals surface area (Å²) >= 11 is 0. The van der Waals surface area contributed by atoms with Crippen LogP contribution in [0.15, 0.2) is 41.3 Å². The predicted octanol–water partition coefficient (Wildman–Crippen LogP) is 4.33. The Kier molecular flexibility index (Phi) is 2.82. The van der Waals surface area contributed by atoms with Crippen molar-refractivity contribution in [1.82, 2.24) is 0 Å². The van der Waals surface area contributed by atoms with Gasteiger partial charge < -0.3 is 9.15 Å². The lowest BCUT2D eigenvalue weighted by molar-refractivity contribution is 0.342. The van der Waals surface area contributed by atoms with Crippen LogP contribution in [0.1, 0.15) is 16.9 Å². The number of benzene rings is 1. The third kappa shape index (κ3) is 2.16. The van der Waals surface area contributed by atoms with E-state index in [1.807, 2.05) is 32.0 Å². The molecule has 0 N–H and O–H groups in total. The molecule has 1 aromatic heterocycles. The first kappa shape index (κ1) is 10.6. The van der Waals surface area contributed by atoms with Crippen LogP contribution in [-0.4, -0.2) is 0 Å². The Bertz CT molecular complexity index is 509. The topological polar surface area (TPSA) is 22.4 Å². The van der Waals surface area contributed by atoms with Crippen LogP contribution in [0, 0.1) is 13.8 Å². The molecule has 2 nitrogen and oxygen atoms in total. The molecule has 2 rings (SSSR count). The Morgan fingerprint density at radius 2 is 2.00 bits per heavy atom. The minimum atomic E-state index is 0.489. The Hall–Kier alpha value is -1.96. The Morgan fingerprint density at radius 1 is 1.19 bits per heavy atom. The molecule has 0 aliphatic heterocycles. The highest BCUT2D eigenvalue weighted by Crippen LogP contribution is 2.27. The molecule has 1 heterocycles. The van der Waals surface area contributed by atoms with Crippen molar-refractivity contribution in [1.29, 1.82) is 0 Å². The minimum absolute atomic E-state index is 0.489. The summed E-state index contributed by atoms with van der Waals surface area (Å²) in [6.07, 6.45) is 1.65. The van der Waals surface area contributed by atoms with Gasteiger partial charge in [-0.2, -0.15) is 0 Å². The van der Waals surface area contributed by atoms with E-state index in [0.29, 0.717) is 11.7 Å². The van der Waals surface area contributed by atoms with E-state index >= 15 is 0 Å². The lowest BCUT2D eigenvalue weighted by Crippen LogP contribution is -1.86. The van der Waals surface area contributed by atoms with Crippen LogP contribution < -0.4 is 4.74 Å². The molecular weight excluding hydrogens is 200 g/mol. The first-order valence-electron chi connectivity index (χ1n) is 5.16. The predicted molar refractivity (Wildman–Crippen MR) is 64.8 cm³/mol. The Labute approximate surface area is 95.2 Å². The first-order valence-corrected chi connectivity index (χ1v) is 5.16. The number of aryl methyl sites for hydroxylation is 2. The average Bonchev–Trinajstić information content (AvgIpc) is 2.71. The van der Waals surface area contributed by atoms with Gasteiger partial charge in [-0.15, -0.1) is 0 Å². The van der Waals surface area contributed by atoms with Crippen molar-refractivity contribution in [2.45, 2.75) is 13.8 Å². The van der Waals surface area contributed by atoms with Gasteiger partial charge in [0, 0.05) is 6.07 Å². The van der Waals surface area contributed by atoms with Crippen molar-refractivity contribution in [3.63, 3.8) is 0 Å². The third-order valence-corrected chi connectivity index (χ3v) is 2.36. The standard InChI is InChI=1S/C14H14O2/c1-4-12-7-8-14(15-12)16-13-9-10(2)5-6-11(13)3/h4-9H,1H2,2-3H3. The summed E-state index contributed by atoms with van der Waals surface area (Å²) in [5.74, 6) is 2.02. The fraction of sp³-hybridized carbons (Fsp3) is 0.143.